The number of rotatable bonds is 13. The minimum Gasteiger partial charge on any atom is -0.384 e. The van der Waals surface area contributed by atoms with Crippen molar-refractivity contribution in [2.24, 2.45) is 5.92 Å². The van der Waals surface area contributed by atoms with E-state index in [-0.39, 0.29) is 65.4 Å². The Morgan fingerprint density at radius 3 is 2.66 bits per heavy atom. The van der Waals surface area contributed by atoms with Crippen molar-refractivity contribution in [3.8, 4) is 0 Å². The van der Waals surface area contributed by atoms with Gasteiger partial charge in [-0.3, -0.25) is 38.9 Å². The quantitative estimate of drug-likeness (QED) is 0.101. The number of alkyl halides is 2. The number of anilines is 3. The number of hydrogen-bond donors (Lipinski definition) is 3. The second-order valence-electron chi connectivity index (χ2n) is 15.5. The molecular weight excluding hydrogens is 758 g/mol. The van der Waals surface area contributed by atoms with Crippen molar-refractivity contribution in [2.45, 2.75) is 88.6 Å². The van der Waals surface area contributed by atoms with Crippen LogP contribution in [0.4, 0.5) is 26.0 Å². The molecule has 2 unspecified atom stereocenters. The number of hydrogen-bond acceptors (Lipinski definition) is 12. The number of ether oxygens (including phenoxy) is 2. The summed E-state index contributed by atoms with van der Waals surface area (Å²) >= 11 is 0. The van der Waals surface area contributed by atoms with Crippen molar-refractivity contribution in [1.82, 2.24) is 34.6 Å². The van der Waals surface area contributed by atoms with E-state index in [1.54, 1.807) is 24.4 Å². The molecule has 4 atom stereocenters. The van der Waals surface area contributed by atoms with Crippen LogP contribution in [-0.4, -0.2) is 109 Å². The Labute approximate surface area is 330 Å². The maximum Gasteiger partial charge on any atom is 0.284 e. The Hall–Kier alpha value is -5.82. The average Bonchev–Trinajstić information content (AvgIpc) is 3.43. The Bertz CT molecular complexity index is 2310. The number of carbonyl (C=O) groups excluding carboxylic acids is 5. The molecule has 0 bridgehead atoms. The molecule has 17 nitrogen and oxygen atoms in total. The van der Waals surface area contributed by atoms with Crippen molar-refractivity contribution in [1.29, 1.82) is 0 Å². The highest BCUT2D eigenvalue weighted by molar-refractivity contribution is 6.25. The standard InChI is InChI=1S/C39H42F2N10O7/c1-20-33-28(58-33)18-48(20)29-12-14-49-35(45-29)24(16-43-49)36(53)44-26-17-50(47-32(26)34(40)41)22-8-6-21(7-9-22)19-57-15-3-13-42-25-5-2-4-23-31(25)39(56)51(38(23)55)27-10-11-30(52)46-37(27)54/h2,4-5,12,14,16-17,20-22,27-28,33-34,42H,3,6-11,13,15,18-19H2,1H3,(H,44,53)(H,46,52,54)/t20-,21?,22?,27?,28+,33?/m1/s1. The third-order valence-electron chi connectivity index (χ3n) is 11.9. The second-order valence-corrected chi connectivity index (χ2v) is 15.5. The number of amides is 5. The lowest BCUT2D eigenvalue weighted by atomic mass is 9.86. The second kappa shape index (κ2) is 15.2. The summed E-state index contributed by atoms with van der Waals surface area (Å²) in [5.41, 5.74) is 0.839. The van der Waals surface area contributed by atoms with Crippen LogP contribution in [0.15, 0.2) is 42.9 Å². The Kier molecular flexibility index (Phi) is 9.87. The lowest BCUT2D eigenvalue weighted by Crippen LogP contribution is -2.54. The molecule has 19 heteroatoms. The molecule has 3 aromatic heterocycles. The molecule has 5 amide bonds. The van der Waals surface area contributed by atoms with Gasteiger partial charge in [-0.15, -0.1) is 0 Å². The van der Waals surface area contributed by atoms with Gasteiger partial charge < -0.3 is 25.0 Å². The van der Waals surface area contributed by atoms with Gasteiger partial charge in [0.25, 0.3) is 24.1 Å². The molecule has 4 aliphatic heterocycles. The molecule has 1 aromatic carbocycles. The van der Waals surface area contributed by atoms with E-state index in [1.165, 1.54) is 21.6 Å². The summed E-state index contributed by atoms with van der Waals surface area (Å²) in [6, 6.07) is 5.76. The first-order valence-electron chi connectivity index (χ1n) is 19.7. The first-order valence-corrected chi connectivity index (χ1v) is 19.7. The maximum absolute atomic E-state index is 14.2. The normalized spacial score (nSPS) is 25.4. The highest BCUT2D eigenvalue weighted by Gasteiger charge is 2.53. The average molecular weight is 801 g/mol. The van der Waals surface area contributed by atoms with E-state index >= 15 is 0 Å². The Balaban J connectivity index is 0.745. The van der Waals surface area contributed by atoms with E-state index in [0.29, 0.717) is 62.7 Å². The zero-order valence-electron chi connectivity index (χ0n) is 31.6. The van der Waals surface area contributed by atoms with Crippen LogP contribution in [0.3, 0.4) is 0 Å². The molecule has 0 radical (unpaired) electrons. The minimum atomic E-state index is -2.90. The highest BCUT2D eigenvalue weighted by Crippen LogP contribution is 2.39. The van der Waals surface area contributed by atoms with E-state index in [0.717, 1.165) is 17.7 Å². The van der Waals surface area contributed by atoms with Crippen molar-refractivity contribution in [3.63, 3.8) is 0 Å². The van der Waals surface area contributed by atoms with Gasteiger partial charge in [-0.1, -0.05) is 6.07 Å². The molecule has 5 aliphatic rings. The van der Waals surface area contributed by atoms with Crippen LogP contribution in [0, 0.1) is 5.92 Å². The lowest BCUT2D eigenvalue weighted by molar-refractivity contribution is -0.136. The van der Waals surface area contributed by atoms with Crippen LogP contribution in [0.5, 0.6) is 0 Å². The number of aromatic nitrogens is 5. The molecule has 1 aliphatic carbocycles. The Morgan fingerprint density at radius 1 is 1.07 bits per heavy atom. The smallest absolute Gasteiger partial charge is 0.284 e. The summed E-state index contributed by atoms with van der Waals surface area (Å²) in [6.07, 6.45) is 5.84. The third kappa shape index (κ3) is 6.95. The van der Waals surface area contributed by atoms with Gasteiger partial charge in [0.2, 0.25) is 11.8 Å². The van der Waals surface area contributed by atoms with Crippen LogP contribution < -0.4 is 20.9 Å². The van der Waals surface area contributed by atoms with Gasteiger partial charge in [0.05, 0.1) is 35.1 Å². The fourth-order valence-corrected chi connectivity index (χ4v) is 8.67. The van der Waals surface area contributed by atoms with Gasteiger partial charge in [-0.25, -0.2) is 18.3 Å². The van der Waals surface area contributed by atoms with Crippen molar-refractivity contribution >= 4 is 52.4 Å². The topological polar surface area (TPSA) is 198 Å². The fourth-order valence-electron chi connectivity index (χ4n) is 8.67. The summed E-state index contributed by atoms with van der Waals surface area (Å²) in [7, 11) is 0. The number of nitrogens with one attached hydrogen (secondary N) is 3. The largest absolute Gasteiger partial charge is 0.384 e. The third-order valence-corrected chi connectivity index (χ3v) is 11.9. The molecule has 0 spiro atoms. The highest BCUT2D eigenvalue weighted by atomic mass is 19.3. The summed E-state index contributed by atoms with van der Waals surface area (Å²) < 4.78 is 43.0. The first-order chi connectivity index (χ1) is 28.0. The molecule has 1 saturated carbocycles. The first kappa shape index (κ1) is 37.7. The van der Waals surface area contributed by atoms with Gasteiger partial charge >= 0.3 is 0 Å². The van der Waals surface area contributed by atoms with E-state index < -0.39 is 47.7 Å². The number of fused-ring (bicyclic) bond motifs is 3. The molecule has 58 heavy (non-hydrogen) atoms. The van der Waals surface area contributed by atoms with Gasteiger partial charge in [-0.2, -0.15) is 10.2 Å². The summed E-state index contributed by atoms with van der Waals surface area (Å²) in [5.74, 6) is -1.85. The van der Waals surface area contributed by atoms with Crippen molar-refractivity contribution < 1.29 is 42.2 Å². The van der Waals surface area contributed by atoms with Gasteiger partial charge in [0, 0.05) is 50.8 Å². The fraction of sp³-hybridized carbons (Fsp3) is 0.487. The van der Waals surface area contributed by atoms with Crippen LogP contribution in [0.25, 0.3) is 5.65 Å². The summed E-state index contributed by atoms with van der Waals surface area (Å²) in [5, 5.41) is 16.5. The molecule has 3 N–H and O–H groups in total. The number of epoxide rings is 1. The minimum absolute atomic E-state index is 0.0485. The van der Waals surface area contributed by atoms with Crippen molar-refractivity contribution in [2.75, 3.05) is 41.8 Å². The number of morpholine rings is 1. The molecule has 9 rings (SSSR count). The van der Waals surface area contributed by atoms with E-state index in [1.807, 2.05) is 6.07 Å². The van der Waals surface area contributed by atoms with Gasteiger partial charge in [0.15, 0.2) is 11.3 Å². The number of benzene rings is 1. The number of carbonyl (C=O) groups is 5. The van der Waals surface area contributed by atoms with Crippen LogP contribution in [-0.2, 0) is 19.1 Å². The molecular formula is C39H42F2N10O7. The zero-order chi connectivity index (χ0) is 40.2. The van der Waals surface area contributed by atoms with Crippen molar-refractivity contribution in [3.05, 3.63) is 65.2 Å². The molecule has 7 heterocycles. The lowest BCUT2D eigenvalue weighted by Gasteiger charge is -2.28. The molecule has 3 saturated heterocycles. The number of halogens is 2. The van der Waals surface area contributed by atoms with Gasteiger partial charge in [0.1, 0.15) is 29.6 Å². The predicted octanol–water partition coefficient (Wildman–Crippen LogP) is 3.74. The van der Waals surface area contributed by atoms with E-state index in [2.05, 4.69) is 38.0 Å². The van der Waals surface area contributed by atoms with Crippen LogP contribution in [0.1, 0.15) is 101 Å². The number of piperidine rings is 1. The zero-order valence-corrected chi connectivity index (χ0v) is 31.6. The molecule has 4 aromatic rings. The monoisotopic (exact) mass is 800 g/mol. The summed E-state index contributed by atoms with van der Waals surface area (Å²) in [4.78, 5) is 71.7. The van der Waals surface area contributed by atoms with Crippen LogP contribution in [0.2, 0.25) is 0 Å². The molecule has 304 valence electrons. The SMILES string of the molecule is C[C@@H]1C2O[C@H]2CN1c1ccn2ncc(C(=O)Nc3cn(C4CCC(COCCCNc5cccc6c5C(=O)N(C5CCC(=O)NC5=O)C6=O)CC4)nc3C(F)F)c2n1. The number of nitrogens with zero attached hydrogens (tertiary/aromatic N) is 7. The number of imide groups is 2. The summed E-state index contributed by atoms with van der Waals surface area (Å²) in [6.45, 7) is 4.23. The van der Waals surface area contributed by atoms with Crippen LogP contribution >= 0.6 is 0 Å². The maximum atomic E-state index is 14.2. The van der Waals surface area contributed by atoms with E-state index in [4.69, 9.17) is 14.5 Å². The molecule has 4 fully saturated rings. The predicted molar refractivity (Wildman–Crippen MR) is 202 cm³/mol. The Morgan fingerprint density at radius 2 is 1.90 bits per heavy atom. The van der Waals surface area contributed by atoms with E-state index in [9.17, 15) is 32.8 Å². The van der Waals surface area contributed by atoms with Gasteiger partial charge in [-0.05, 0) is 69.6 Å².